The molecule has 6 heteroatoms. The maximum absolute atomic E-state index is 12.4. The van der Waals surface area contributed by atoms with Crippen LogP contribution in [0.2, 0.25) is 0 Å². The van der Waals surface area contributed by atoms with Crippen molar-refractivity contribution >= 4 is 28.5 Å². The van der Waals surface area contributed by atoms with Gasteiger partial charge in [0.2, 0.25) is 5.91 Å². The fraction of sp³-hybridized carbons (Fsp3) is 0.0667. The van der Waals surface area contributed by atoms with Gasteiger partial charge in [-0.1, -0.05) is 0 Å². The van der Waals surface area contributed by atoms with Crippen molar-refractivity contribution in [3.63, 3.8) is 0 Å². The first-order chi connectivity index (χ1) is 10.0. The highest BCUT2D eigenvalue weighted by atomic mass is 32.2. The lowest BCUT2D eigenvalue weighted by Crippen LogP contribution is -2.09. The molecule has 0 saturated heterocycles. The van der Waals surface area contributed by atoms with Gasteiger partial charge in [0, 0.05) is 24.2 Å². The van der Waals surface area contributed by atoms with E-state index in [2.05, 4.69) is 5.32 Å². The molecule has 2 rings (SSSR count). The number of nitriles is 1. The second kappa shape index (κ2) is 6.31. The summed E-state index contributed by atoms with van der Waals surface area (Å²) in [6, 6.07) is 13.4. The highest BCUT2D eigenvalue weighted by molar-refractivity contribution is 7.91. The summed E-state index contributed by atoms with van der Waals surface area (Å²) < 4.78 is 12.4. The van der Waals surface area contributed by atoms with Gasteiger partial charge in [-0.05, 0) is 36.4 Å². The first kappa shape index (κ1) is 14.9. The molecule has 1 atom stereocenters. The van der Waals surface area contributed by atoms with Gasteiger partial charge in [0.25, 0.3) is 0 Å². The molecular weight excluding hydrogens is 286 g/mol. The Hall–Kier alpha value is -2.49. The van der Waals surface area contributed by atoms with Crippen molar-refractivity contribution in [3.05, 3.63) is 48.0 Å². The molecule has 106 valence electrons. The molecule has 1 amide bonds. The van der Waals surface area contributed by atoms with Crippen LogP contribution in [-0.2, 0) is 16.0 Å². The molecule has 1 unspecified atom stereocenters. The second-order valence-electron chi connectivity index (χ2n) is 4.34. The molecule has 0 radical (unpaired) electrons. The van der Waals surface area contributed by atoms with Gasteiger partial charge >= 0.3 is 0 Å². The Morgan fingerprint density at radius 3 is 2.38 bits per heavy atom. The zero-order valence-electron chi connectivity index (χ0n) is 11.3. The molecule has 0 bridgehead atoms. The van der Waals surface area contributed by atoms with Crippen molar-refractivity contribution in [2.75, 3.05) is 11.1 Å². The molecule has 0 spiro atoms. The Labute approximate surface area is 125 Å². The first-order valence-electron chi connectivity index (χ1n) is 6.10. The Kier molecular flexibility index (Phi) is 4.48. The quantitative estimate of drug-likeness (QED) is 0.670. The Bertz CT molecular complexity index is 708. The molecule has 5 nitrogen and oxygen atoms in total. The fourth-order valence-electron chi connectivity index (χ4n) is 1.75. The van der Waals surface area contributed by atoms with Gasteiger partial charge in [0.1, 0.15) is 0 Å². The van der Waals surface area contributed by atoms with Crippen LogP contribution >= 0.6 is 0 Å². The Balaban J connectivity index is 2.26. The van der Waals surface area contributed by atoms with E-state index in [1.807, 2.05) is 6.07 Å². The van der Waals surface area contributed by atoms with Gasteiger partial charge in [-0.2, -0.15) is 5.26 Å². The van der Waals surface area contributed by atoms with E-state index in [-0.39, 0.29) is 5.91 Å². The predicted molar refractivity (Wildman–Crippen MR) is 81.0 cm³/mol. The molecule has 0 aliphatic carbocycles. The topological polar surface area (TPSA) is 102 Å². The monoisotopic (exact) mass is 299 g/mol. The van der Waals surface area contributed by atoms with E-state index < -0.39 is 11.2 Å². The molecule has 0 heterocycles. The molecule has 21 heavy (non-hydrogen) atoms. The predicted octanol–water partition coefficient (Wildman–Crippen LogP) is 2.27. The molecule has 0 aliphatic rings. The van der Waals surface area contributed by atoms with Crippen LogP contribution in [-0.4, -0.2) is 10.5 Å². The van der Waals surface area contributed by atoms with E-state index in [1.165, 1.54) is 6.92 Å². The largest absolute Gasteiger partial charge is 0.606 e. The molecule has 2 aromatic rings. The number of rotatable bonds is 3. The van der Waals surface area contributed by atoms with Crippen molar-refractivity contribution in [1.82, 2.24) is 0 Å². The molecule has 0 fully saturated rings. The number of anilines is 2. The van der Waals surface area contributed by atoms with Crippen LogP contribution in [0.4, 0.5) is 11.4 Å². The number of nitrogens with two attached hydrogens (primary N) is 1. The van der Waals surface area contributed by atoms with Crippen molar-refractivity contribution in [2.45, 2.75) is 16.7 Å². The van der Waals surface area contributed by atoms with Gasteiger partial charge in [-0.15, -0.1) is 0 Å². The molecular formula is C15H13N3O2S. The smallest absolute Gasteiger partial charge is 0.221 e. The minimum atomic E-state index is -1.39. The number of carbonyl (C=O) groups excluding carboxylic acids is 1. The number of amides is 1. The summed E-state index contributed by atoms with van der Waals surface area (Å²) in [5.41, 5.74) is 7.19. The van der Waals surface area contributed by atoms with E-state index in [4.69, 9.17) is 11.0 Å². The lowest BCUT2D eigenvalue weighted by molar-refractivity contribution is -0.114. The number of hydrogen-bond donors (Lipinski definition) is 2. The second-order valence-corrected chi connectivity index (χ2v) is 5.82. The van der Waals surface area contributed by atoms with E-state index in [0.717, 1.165) is 0 Å². The standard InChI is InChI=1S/C15H13N3O2S/c1-10(19)18-15-7-6-13(8-14(15)17)21(20)12-4-2-11(9-16)3-5-12/h2-8H,17H2,1H3,(H,18,19). The van der Waals surface area contributed by atoms with Crippen molar-refractivity contribution < 1.29 is 9.35 Å². The van der Waals surface area contributed by atoms with Crippen molar-refractivity contribution in [3.8, 4) is 6.07 Å². The highest BCUT2D eigenvalue weighted by Gasteiger charge is 2.16. The van der Waals surface area contributed by atoms with E-state index in [0.29, 0.717) is 26.7 Å². The van der Waals surface area contributed by atoms with Gasteiger partial charge in [-0.25, -0.2) is 0 Å². The molecule has 0 saturated carbocycles. The zero-order valence-corrected chi connectivity index (χ0v) is 12.1. The van der Waals surface area contributed by atoms with E-state index >= 15 is 0 Å². The van der Waals surface area contributed by atoms with Crippen molar-refractivity contribution in [1.29, 1.82) is 5.26 Å². The summed E-state index contributed by atoms with van der Waals surface area (Å²) in [5.74, 6) is -0.220. The average molecular weight is 299 g/mol. The fourth-order valence-corrected chi connectivity index (χ4v) is 2.83. The maximum Gasteiger partial charge on any atom is 0.221 e. The van der Waals surface area contributed by atoms with Gasteiger partial charge in [0.15, 0.2) is 9.79 Å². The van der Waals surface area contributed by atoms with Crippen LogP contribution in [0.5, 0.6) is 0 Å². The average Bonchev–Trinajstić information content (AvgIpc) is 2.48. The first-order valence-corrected chi connectivity index (χ1v) is 7.25. The van der Waals surface area contributed by atoms with Crippen LogP contribution in [0.25, 0.3) is 0 Å². The van der Waals surface area contributed by atoms with Crippen LogP contribution in [0.15, 0.2) is 52.3 Å². The molecule has 0 aromatic heterocycles. The normalized spacial score (nSPS) is 11.5. The summed E-state index contributed by atoms with van der Waals surface area (Å²) in [5, 5.41) is 11.3. The molecule has 2 aromatic carbocycles. The number of nitrogens with one attached hydrogen (secondary N) is 1. The minimum absolute atomic E-state index is 0.220. The van der Waals surface area contributed by atoms with Crippen LogP contribution in [0.1, 0.15) is 12.5 Å². The maximum atomic E-state index is 12.4. The number of nitrogen functional groups attached to an aromatic ring is 1. The summed E-state index contributed by atoms with van der Waals surface area (Å²) in [4.78, 5) is 12.1. The SMILES string of the molecule is CC(=O)Nc1ccc([S+]([O-])c2ccc(C#N)cc2)cc1N. The summed E-state index contributed by atoms with van der Waals surface area (Å²) in [6.07, 6.45) is 0. The third-order valence-electron chi connectivity index (χ3n) is 2.75. The zero-order chi connectivity index (χ0) is 15.4. The van der Waals surface area contributed by atoms with E-state index in [9.17, 15) is 9.35 Å². The van der Waals surface area contributed by atoms with Gasteiger partial charge < -0.3 is 15.6 Å². The number of carbonyl (C=O) groups is 1. The minimum Gasteiger partial charge on any atom is -0.606 e. The van der Waals surface area contributed by atoms with Crippen LogP contribution < -0.4 is 11.1 Å². The summed E-state index contributed by atoms with van der Waals surface area (Å²) >= 11 is -1.39. The van der Waals surface area contributed by atoms with Crippen LogP contribution in [0.3, 0.4) is 0 Å². The lowest BCUT2D eigenvalue weighted by Gasteiger charge is -2.12. The number of benzene rings is 2. The third-order valence-corrected chi connectivity index (χ3v) is 4.13. The lowest BCUT2D eigenvalue weighted by atomic mass is 10.2. The van der Waals surface area contributed by atoms with Gasteiger partial charge in [0.05, 0.1) is 23.0 Å². The van der Waals surface area contributed by atoms with Crippen LogP contribution in [0, 0.1) is 11.3 Å². The summed E-state index contributed by atoms with van der Waals surface area (Å²) in [7, 11) is 0. The van der Waals surface area contributed by atoms with Gasteiger partial charge in [-0.3, -0.25) is 4.79 Å². The Morgan fingerprint density at radius 1 is 1.24 bits per heavy atom. The molecule has 0 aliphatic heterocycles. The number of nitrogens with zero attached hydrogens (tertiary/aromatic N) is 1. The Morgan fingerprint density at radius 2 is 1.86 bits per heavy atom. The molecule has 3 N–H and O–H groups in total. The van der Waals surface area contributed by atoms with Crippen molar-refractivity contribution in [2.24, 2.45) is 0 Å². The van der Waals surface area contributed by atoms with E-state index in [1.54, 1.807) is 42.5 Å². The third kappa shape index (κ3) is 3.54. The number of hydrogen-bond acceptors (Lipinski definition) is 4. The summed E-state index contributed by atoms with van der Waals surface area (Å²) in [6.45, 7) is 1.39. The highest BCUT2D eigenvalue weighted by Crippen LogP contribution is 2.27.